The van der Waals surface area contributed by atoms with Gasteiger partial charge in [0.2, 0.25) is 0 Å². The number of nitrogens with two attached hydrogens (primary N) is 5. The first-order valence-corrected chi connectivity index (χ1v) is 7.90. The Bertz CT molecular complexity index is 558. The van der Waals surface area contributed by atoms with Gasteiger partial charge in [0.05, 0.1) is 23.7 Å². The predicted octanol–water partition coefficient (Wildman–Crippen LogP) is 0.494. The second-order valence-corrected chi connectivity index (χ2v) is 5.15. The Morgan fingerprint density at radius 3 is 2.50 bits per heavy atom. The van der Waals surface area contributed by atoms with Crippen molar-refractivity contribution in [2.45, 2.75) is 12.8 Å². The highest BCUT2D eigenvalue weighted by Gasteiger charge is 2.09. The normalized spacial score (nSPS) is 11.8. The summed E-state index contributed by atoms with van der Waals surface area (Å²) in [6.45, 7) is 2.58. The van der Waals surface area contributed by atoms with Crippen molar-refractivity contribution < 1.29 is 4.74 Å². The van der Waals surface area contributed by atoms with E-state index in [0.717, 1.165) is 29.7 Å². The molecule has 1 rings (SSSR count). The average Bonchev–Trinajstić information content (AvgIpc) is 2.60. The molecule has 12 N–H and O–H groups in total. The summed E-state index contributed by atoms with van der Waals surface area (Å²) in [5, 5.41) is 3.25. The van der Waals surface area contributed by atoms with Gasteiger partial charge in [-0.2, -0.15) is 0 Å². The van der Waals surface area contributed by atoms with Crippen LogP contribution in [0.3, 0.4) is 0 Å². The Morgan fingerprint density at radius 2 is 1.88 bits per heavy atom. The van der Waals surface area contributed by atoms with Crippen LogP contribution in [0.4, 0.5) is 17.1 Å². The molecule has 0 radical (unpaired) electrons. The van der Waals surface area contributed by atoms with Crippen molar-refractivity contribution in [2.75, 3.05) is 42.8 Å². The Kier molecular flexibility index (Phi) is 9.13. The lowest BCUT2D eigenvalue weighted by molar-refractivity contribution is 0.140. The van der Waals surface area contributed by atoms with E-state index in [-0.39, 0.29) is 0 Å². The van der Waals surface area contributed by atoms with E-state index in [0.29, 0.717) is 37.7 Å². The first-order valence-electron chi connectivity index (χ1n) is 7.90. The van der Waals surface area contributed by atoms with Gasteiger partial charge in [-0.25, -0.2) is 0 Å². The number of unbranched alkanes of at least 4 members (excludes halogenated alkanes) is 1. The number of nitrogens with one attached hydrogen (secondary N) is 2. The van der Waals surface area contributed by atoms with Gasteiger partial charge in [-0.15, -0.1) is 0 Å². The summed E-state index contributed by atoms with van der Waals surface area (Å²) in [6.07, 6.45) is 6.53. The van der Waals surface area contributed by atoms with Crippen LogP contribution in [0, 0.1) is 0 Å². The molecule has 0 unspecified atom stereocenters. The quantitative estimate of drug-likeness (QED) is 0.101. The van der Waals surface area contributed by atoms with E-state index in [1.807, 2.05) is 12.1 Å². The highest BCUT2D eigenvalue weighted by molar-refractivity contribution is 5.87. The van der Waals surface area contributed by atoms with Gasteiger partial charge in [0.1, 0.15) is 0 Å². The van der Waals surface area contributed by atoms with Gasteiger partial charge in [0.25, 0.3) is 0 Å². The van der Waals surface area contributed by atoms with Gasteiger partial charge < -0.3 is 38.4 Å². The fourth-order valence-electron chi connectivity index (χ4n) is 2.15. The van der Waals surface area contributed by atoms with E-state index in [1.165, 1.54) is 12.4 Å². The van der Waals surface area contributed by atoms with E-state index in [2.05, 4.69) is 10.7 Å². The summed E-state index contributed by atoms with van der Waals surface area (Å²) in [5.41, 5.74) is 28.7. The van der Waals surface area contributed by atoms with E-state index in [4.69, 9.17) is 33.5 Å². The Hall–Kier alpha value is -2.42. The standard InChI is InChI=1S/C16H29N7O/c17-4-1-2-7-24-8-6-22-14-9-13(12(11-19)3-5-18)10-15(23-21)16(14)20/h3,5,9-11,22-23H,1-2,4,6-8,17-21H2/b5-3-,12-11+. The SMILES string of the molecule is N/C=C\C(=C/N)c1cc(NN)c(N)c(NCCOCCCCN)c1. The minimum Gasteiger partial charge on any atom is -0.405 e. The van der Waals surface area contributed by atoms with E-state index in [1.54, 1.807) is 6.08 Å². The van der Waals surface area contributed by atoms with Crippen molar-refractivity contribution in [1.29, 1.82) is 0 Å². The number of hydrogen-bond donors (Lipinski definition) is 7. The van der Waals surface area contributed by atoms with E-state index >= 15 is 0 Å². The zero-order valence-electron chi connectivity index (χ0n) is 13.9. The number of allylic oxidation sites excluding steroid dienone is 2. The van der Waals surface area contributed by atoms with Crippen molar-refractivity contribution in [1.82, 2.24) is 0 Å². The van der Waals surface area contributed by atoms with Crippen LogP contribution in [0.2, 0.25) is 0 Å². The topological polar surface area (TPSA) is 163 Å². The third kappa shape index (κ3) is 5.99. The molecule has 0 amide bonds. The molecule has 134 valence electrons. The van der Waals surface area contributed by atoms with Crippen LogP contribution in [0.15, 0.2) is 30.6 Å². The van der Waals surface area contributed by atoms with Crippen LogP contribution in [0.25, 0.3) is 5.57 Å². The van der Waals surface area contributed by atoms with Gasteiger partial charge in [-0.1, -0.05) is 0 Å². The summed E-state index contributed by atoms with van der Waals surface area (Å²) in [7, 11) is 0. The minimum atomic E-state index is 0.525. The number of hydrazine groups is 1. The molecule has 0 spiro atoms. The fraction of sp³-hybridized carbons (Fsp3) is 0.375. The van der Waals surface area contributed by atoms with Crippen molar-refractivity contribution in [3.8, 4) is 0 Å². The largest absolute Gasteiger partial charge is 0.405 e. The lowest BCUT2D eigenvalue weighted by Crippen LogP contribution is -2.14. The molecule has 0 aromatic heterocycles. The van der Waals surface area contributed by atoms with Crippen LogP contribution in [0.1, 0.15) is 18.4 Å². The lowest BCUT2D eigenvalue weighted by atomic mass is 10.0. The number of nitrogen functional groups attached to an aromatic ring is 2. The Labute approximate surface area is 143 Å². The first-order chi connectivity index (χ1) is 11.7. The maximum Gasteiger partial charge on any atom is 0.0799 e. The third-order valence-corrected chi connectivity index (χ3v) is 3.43. The molecule has 0 aliphatic rings. The zero-order valence-corrected chi connectivity index (χ0v) is 13.9. The molecule has 1 aromatic rings. The van der Waals surface area contributed by atoms with Crippen LogP contribution in [-0.4, -0.2) is 26.3 Å². The highest BCUT2D eigenvalue weighted by atomic mass is 16.5. The first kappa shape index (κ1) is 19.6. The van der Waals surface area contributed by atoms with Crippen molar-refractivity contribution >= 4 is 22.6 Å². The van der Waals surface area contributed by atoms with Gasteiger partial charge in [-0.3, -0.25) is 5.84 Å². The van der Waals surface area contributed by atoms with Gasteiger partial charge >= 0.3 is 0 Å². The van der Waals surface area contributed by atoms with Crippen molar-refractivity contribution in [3.63, 3.8) is 0 Å². The molecule has 0 aliphatic carbocycles. The predicted molar refractivity (Wildman–Crippen MR) is 102 cm³/mol. The lowest BCUT2D eigenvalue weighted by Gasteiger charge is -2.16. The molecule has 1 aromatic carbocycles. The maximum absolute atomic E-state index is 6.11. The fourth-order valence-corrected chi connectivity index (χ4v) is 2.15. The van der Waals surface area contributed by atoms with Crippen molar-refractivity contribution in [3.05, 3.63) is 36.2 Å². The molecule has 8 nitrogen and oxygen atoms in total. The van der Waals surface area contributed by atoms with Crippen LogP contribution < -0.4 is 39.5 Å². The number of ether oxygens (including phenoxy) is 1. The maximum atomic E-state index is 6.11. The smallest absolute Gasteiger partial charge is 0.0799 e. The highest BCUT2D eigenvalue weighted by Crippen LogP contribution is 2.32. The summed E-state index contributed by atoms with van der Waals surface area (Å²) in [5.74, 6) is 5.54. The Balaban J connectivity index is 2.75. The molecule has 8 heteroatoms. The Morgan fingerprint density at radius 1 is 1.12 bits per heavy atom. The summed E-state index contributed by atoms with van der Waals surface area (Å²) in [4.78, 5) is 0. The number of anilines is 3. The van der Waals surface area contributed by atoms with Crippen molar-refractivity contribution in [2.24, 2.45) is 23.0 Å². The number of rotatable bonds is 11. The average molecular weight is 335 g/mol. The summed E-state index contributed by atoms with van der Waals surface area (Å²) < 4.78 is 5.53. The third-order valence-electron chi connectivity index (χ3n) is 3.43. The summed E-state index contributed by atoms with van der Waals surface area (Å²) >= 11 is 0. The molecule has 24 heavy (non-hydrogen) atoms. The molecule has 0 heterocycles. The van der Waals surface area contributed by atoms with Gasteiger partial charge in [-0.05, 0) is 54.9 Å². The minimum absolute atomic E-state index is 0.525. The molecule has 0 fully saturated rings. The van der Waals surface area contributed by atoms with Crippen LogP contribution >= 0.6 is 0 Å². The second-order valence-electron chi connectivity index (χ2n) is 5.15. The summed E-state index contributed by atoms with van der Waals surface area (Å²) in [6, 6.07) is 3.70. The molecule has 0 saturated carbocycles. The molecule has 0 atom stereocenters. The molecular formula is C16H29N7O. The van der Waals surface area contributed by atoms with Gasteiger partial charge in [0, 0.05) is 19.4 Å². The molecule has 0 saturated heterocycles. The molecule has 0 bridgehead atoms. The van der Waals surface area contributed by atoms with E-state index in [9.17, 15) is 0 Å². The molecule has 0 aliphatic heterocycles. The second kappa shape index (κ2) is 11.2. The number of hydrogen-bond acceptors (Lipinski definition) is 8. The number of benzene rings is 1. The van der Waals surface area contributed by atoms with Crippen LogP contribution in [-0.2, 0) is 4.74 Å². The van der Waals surface area contributed by atoms with Gasteiger partial charge in [0.15, 0.2) is 0 Å². The van der Waals surface area contributed by atoms with E-state index < -0.39 is 0 Å². The monoisotopic (exact) mass is 335 g/mol. The van der Waals surface area contributed by atoms with Crippen LogP contribution in [0.5, 0.6) is 0 Å². The molecular weight excluding hydrogens is 306 g/mol. The zero-order chi connectivity index (χ0) is 17.8.